The van der Waals surface area contributed by atoms with Gasteiger partial charge in [-0.25, -0.2) is 0 Å². The first-order valence-corrected chi connectivity index (χ1v) is 36.7. The minimum atomic E-state index is -0.142. The summed E-state index contributed by atoms with van der Waals surface area (Å²) < 4.78 is 5.73. The molecule has 3 atom stereocenters. The number of anilines is 6. The first kappa shape index (κ1) is 69.5. The van der Waals surface area contributed by atoms with Gasteiger partial charge in [-0.15, -0.1) is 35.3 Å². The maximum atomic E-state index is 12.9. The fraction of sp³-hybridized carbons (Fsp3) is 0.231. The molecule has 0 spiro atoms. The molecule has 24 heteroatoms. The molecule has 0 saturated heterocycles. The summed E-state index contributed by atoms with van der Waals surface area (Å²) in [6.07, 6.45) is 10.5. The number of benzene rings is 3. The summed E-state index contributed by atoms with van der Waals surface area (Å²) in [5.41, 5.74) is 21.8. The molecule has 0 saturated carbocycles. The Bertz CT molecular complexity index is 4550. The Kier molecular flexibility index (Phi) is 21.3. The number of fused-ring (bicyclic) bond motifs is 3. The number of hydrogen-bond donors (Lipinski definition) is 6. The third-order valence-electron chi connectivity index (χ3n) is 18.0. The molecular formula is C78H78N18O3S3. The smallest absolute Gasteiger partial charge is 0.255 e. The summed E-state index contributed by atoms with van der Waals surface area (Å²) in [6, 6.07) is 46.5. The van der Waals surface area contributed by atoms with Crippen LogP contribution in [0.5, 0.6) is 0 Å². The Morgan fingerprint density at radius 1 is 0.373 bits per heavy atom. The minimum absolute atomic E-state index is 0.0772. The van der Waals surface area contributed by atoms with E-state index in [4.69, 9.17) is 15.3 Å². The predicted octanol–water partition coefficient (Wildman–Crippen LogP) is 15.0. The van der Waals surface area contributed by atoms with Crippen molar-refractivity contribution < 1.29 is 14.4 Å². The number of rotatable bonds is 12. The standard InChI is InChI=1S/3C26H26N6OS/c3*1-16-15-18(26(33)30-20-8-6-12-27-17(20)2)9-10-19(16)24-22-23(21-7-4-5-11-28-21)31-32(3)25(22)29-13-14-34-24/h3*4-12,15,24,29H,13-14H2,1-3H3,(H,30,33)/t2*24-;/m10./s1. The van der Waals surface area contributed by atoms with Gasteiger partial charge in [0, 0.05) is 129 Å². The number of amides is 3. The van der Waals surface area contributed by atoms with Crippen LogP contribution in [0.3, 0.4) is 0 Å². The van der Waals surface area contributed by atoms with E-state index in [-0.39, 0.29) is 33.5 Å². The third-order valence-corrected chi connectivity index (χ3v) is 21.8. The Labute approximate surface area is 605 Å². The van der Waals surface area contributed by atoms with Crippen LogP contribution in [0, 0.1) is 41.5 Å². The molecule has 0 aliphatic carbocycles. The van der Waals surface area contributed by atoms with Crippen molar-refractivity contribution in [1.82, 2.24) is 59.2 Å². The van der Waals surface area contributed by atoms with Crippen LogP contribution in [-0.4, -0.2) is 114 Å². The lowest BCUT2D eigenvalue weighted by Crippen LogP contribution is -2.14. The van der Waals surface area contributed by atoms with E-state index in [0.717, 1.165) is 156 Å². The van der Waals surface area contributed by atoms with Gasteiger partial charge in [0.15, 0.2) is 0 Å². The normalized spacial score (nSPS) is 15.2. The number of carbonyl (C=O) groups is 3. The first-order chi connectivity index (χ1) is 49.6. The van der Waals surface area contributed by atoms with Gasteiger partial charge < -0.3 is 31.9 Å². The zero-order valence-electron chi connectivity index (χ0n) is 58.1. The molecule has 3 amide bonds. The fourth-order valence-electron chi connectivity index (χ4n) is 12.9. The van der Waals surface area contributed by atoms with Crippen LogP contribution in [0.2, 0.25) is 0 Å². The van der Waals surface area contributed by atoms with E-state index in [1.54, 1.807) is 37.2 Å². The van der Waals surface area contributed by atoms with E-state index in [2.05, 4.69) is 101 Å². The Morgan fingerprint density at radius 3 is 0.912 bits per heavy atom. The van der Waals surface area contributed by atoms with E-state index < -0.39 is 0 Å². The summed E-state index contributed by atoms with van der Waals surface area (Å²) in [5.74, 6) is 5.51. The highest BCUT2D eigenvalue weighted by Gasteiger charge is 2.34. The molecular weight excluding hydrogens is 1330 g/mol. The number of pyridine rings is 6. The van der Waals surface area contributed by atoms with Gasteiger partial charge >= 0.3 is 0 Å². The van der Waals surface area contributed by atoms with Crippen LogP contribution in [0.25, 0.3) is 34.2 Å². The second-order valence-electron chi connectivity index (χ2n) is 24.9. The summed E-state index contributed by atoms with van der Waals surface area (Å²) in [5, 5.41) is 34.3. The van der Waals surface area contributed by atoms with E-state index in [1.165, 1.54) is 16.7 Å². The van der Waals surface area contributed by atoms with Crippen molar-refractivity contribution in [2.24, 2.45) is 21.1 Å². The zero-order chi connectivity index (χ0) is 71.0. The van der Waals surface area contributed by atoms with Crippen LogP contribution in [-0.2, 0) is 21.1 Å². The number of nitrogens with zero attached hydrogens (tertiary/aromatic N) is 12. The molecule has 0 fully saturated rings. The van der Waals surface area contributed by atoms with Crippen molar-refractivity contribution in [1.29, 1.82) is 0 Å². The average molecular weight is 1410 g/mol. The van der Waals surface area contributed by atoms with E-state index >= 15 is 0 Å². The second kappa shape index (κ2) is 31.3. The molecule has 6 N–H and O–H groups in total. The minimum Gasteiger partial charge on any atom is -0.369 e. The predicted molar refractivity (Wildman–Crippen MR) is 412 cm³/mol. The SMILES string of the molecule is Cc1cc(C(=O)Nc2cccnc2C)ccc1C1SCCNc2c1c(-c1ccccn1)nn2C.Cc1cc(C(=O)Nc2cccnc2C)ccc1[C@@H]1SCCNc2c1c(-c1ccccn1)nn2C.Cc1cc(C(=O)Nc2cccnc2C)ccc1[C@H]1SCCNc2c1c(-c1ccccn1)nn2C. The number of carbonyl (C=O) groups excluding carboxylic acids is 3. The van der Waals surface area contributed by atoms with E-state index in [9.17, 15) is 14.4 Å². The van der Waals surface area contributed by atoms with Crippen LogP contribution in [0.1, 0.15) is 114 Å². The summed E-state index contributed by atoms with van der Waals surface area (Å²) in [7, 11) is 5.89. The van der Waals surface area contributed by atoms with Gasteiger partial charge in [0.25, 0.3) is 17.7 Å². The molecule has 3 aromatic carbocycles. The molecule has 0 bridgehead atoms. The number of thioether (sulfide) groups is 3. The molecule has 1 unspecified atom stereocenters. The molecule has 21 nitrogen and oxygen atoms in total. The van der Waals surface area contributed by atoms with Crippen molar-refractivity contribution in [3.63, 3.8) is 0 Å². The third kappa shape index (κ3) is 15.1. The molecule has 0 radical (unpaired) electrons. The van der Waals surface area contributed by atoms with Gasteiger partial charge in [-0.3, -0.25) is 58.3 Å². The van der Waals surface area contributed by atoms with Crippen LogP contribution >= 0.6 is 35.3 Å². The van der Waals surface area contributed by atoms with Gasteiger partial charge in [0.1, 0.15) is 34.5 Å². The largest absolute Gasteiger partial charge is 0.369 e. The summed E-state index contributed by atoms with van der Waals surface area (Å²) in [4.78, 5) is 65.2. The molecule has 102 heavy (non-hydrogen) atoms. The maximum Gasteiger partial charge on any atom is 0.255 e. The number of hydrogen-bond acceptors (Lipinski definition) is 18. The average Bonchev–Trinajstić information content (AvgIpc) is 1.62. The molecule has 9 aromatic heterocycles. The van der Waals surface area contributed by atoms with Gasteiger partial charge in [-0.2, -0.15) is 15.3 Å². The van der Waals surface area contributed by atoms with Gasteiger partial charge in [-0.05, 0) is 184 Å². The first-order valence-electron chi connectivity index (χ1n) is 33.6. The highest BCUT2D eigenvalue weighted by Crippen LogP contribution is 2.50. The quantitative estimate of drug-likeness (QED) is 0.0665. The topological polar surface area (TPSA) is 254 Å². The lowest BCUT2D eigenvalue weighted by molar-refractivity contribution is 0.101. The monoisotopic (exact) mass is 1410 g/mol. The van der Waals surface area contributed by atoms with Crippen molar-refractivity contribution >= 4 is 87.5 Å². The number of aryl methyl sites for hydroxylation is 9. The Morgan fingerprint density at radius 2 is 0.657 bits per heavy atom. The van der Waals surface area contributed by atoms with Crippen LogP contribution in [0.4, 0.5) is 34.5 Å². The number of nitrogens with one attached hydrogen (secondary N) is 6. The number of aromatic nitrogens is 12. The van der Waals surface area contributed by atoms with E-state index in [1.807, 2.05) is 219 Å². The van der Waals surface area contributed by atoms with Crippen molar-refractivity contribution in [2.75, 3.05) is 68.8 Å². The van der Waals surface area contributed by atoms with Gasteiger partial charge in [0.05, 0.1) is 67.0 Å². The lowest BCUT2D eigenvalue weighted by atomic mass is 9.96. The van der Waals surface area contributed by atoms with Crippen LogP contribution < -0.4 is 31.9 Å². The second-order valence-corrected chi connectivity index (χ2v) is 28.5. The molecule has 3 aliphatic heterocycles. The highest BCUT2D eigenvalue weighted by atomic mass is 32.2. The van der Waals surface area contributed by atoms with Crippen LogP contribution in [0.15, 0.2) is 183 Å². The molecule has 3 aliphatic rings. The van der Waals surface area contributed by atoms with Crippen molar-refractivity contribution in [3.8, 4) is 34.2 Å². The van der Waals surface area contributed by atoms with Crippen molar-refractivity contribution in [3.05, 3.63) is 267 Å². The lowest BCUT2D eigenvalue weighted by Gasteiger charge is -2.19. The molecule has 12 aromatic rings. The molecule has 15 rings (SSSR count). The van der Waals surface area contributed by atoms with Gasteiger partial charge in [-0.1, -0.05) is 36.4 Å². The maximum absolute atomic E-state index is 12.9. The molecule has 12 heterocycles. The fourth-order valence-corrected chi connectivity index (χ4v) is 16.7. The highest BCUT2D eigenvalue weighted by molar-refractivity contribution is 8.00. The Hall–Kier alpha value is -11.0. The van der Waals surface area contributed by atoms with E-state index in [0.29, 0.717) is 16.7 Å². The molecule has 516 valence electrons. The Balaban J connectivity index is 0.000000137. The summed E-state index contributed by atoms with van der Waals surface area (Å²) in [6.45, 7) is 14.4. The van der Waals surface area contributed by atoms with Gasteiger partial charge in [0.2, 0.25) is 0 Å². The summed E-state index contributed by atoms with van der Waals surface area (Å²) >= 11 is 5.65. The van der Waals surface area contributed by atoms with Crippen molar-refractivity contribution in [2.45, 2.75) is 57.3 Å². The zero-order valence-corrected chi connectivity index (χ0v) is 60.6.